The van der Waals surface area contributed by atoms with Crippen LogP contribution < -0.4 is 0 Å². The second kappa shape index (κ2) is 8.00. The summed E-state index contributed by atoms with van der Waals surface area (Å²) >= 11 is 0. The molecule has 31 heavy (non-hydrogen) atoms. The summed E-state index contributed by atoms with van der Waals surface area (Å²) in [5.74, 6) is 0.282. The minimum atomic E-state index is -1.50. The molecule has 2 fully saturated rings. The molecule has 0 radical (unpaired) electrons. The SMILES string of the molecule is OC[C@H]1OC(n2cc(Cc3ccc(C4CC4)cc3)c3c(F)cccc32)[C@H](O)C(O)[C@@H]1O. The van der Waals surface area contributed by atoms with Crippen molar-refractivity contribution in [2.75, 3.05) is 6.61 Å². The molecule has 4 N–H and O–H groups in total. The Morgan fingerprint density at radius 2 is 1.71 bits per heavy atom. The zero-order valence-corrected chi connectivity index (χ0v) is 16.9. The van der Waals surface area contributed by atoms with Gasteiger partial charge in [0.05, 0.1) is 12.1 Å². The van der Waals surface area contributed by atoms with Gasteiger partial charge in [0.2, 0.25) is 0 Å². The highest BCUT2D eigenvalue weighted by atomic mass is 19.1. The molecule has 1 aliphatic carbocycles. The highest BCUT2D eigenvalue weighted by Gasteiger charge is 2.44. The molecule has 2 unspecified atom stereocenters. The fourth-order valence-corrected chi connectivity index (χ4v) is 4.55. The molecule has 2 heterocycles. The van der Waals surface area contributed by atoms with E-state index in [0.717, 1.165) is 11.1 Å². The summed E-state index contributed by atoms with van der Waals surface area (Å²) in [6, 6.07) is 13.1. The number of fused-ring (bicyclic) bond motifs is 1. The Kier molecular flexibility index (Phi) is 5.32. The van der Waals surface area contributed by atoms with E-state index in [2.05, 4.69) is 24.3 Å². The summed E-state index contributed by atoms with van der Waals surface area (Å²) in [6.07, 6.45) is -1.82. The predicted octanol–water partition coefficient (Wildman–Crippen LogP) is 2.22. The molecule has 5 atom stereocenters. The molecule has 2 aromatic carbocycles. The quantitative estimate of drug-likeness (QED) is 0.501. The first-order chi connectivity index (χ1) is 15.0. The lowest BCUT2D eigenvalue weighted by molar-refractivity contribution is -0.250. The van der Waals surface area contributed by atoms with Crippen molar-refractivity contribution in [3.8, 4) is 0 Å². The molecule has 164 valence electrons. The Bertz CT molecular complexity index is 1080. The van der Waals surface area contributed by atoms with Crippen LogP contribution in [-0.2, 0) is 11.2 Å². The van der Waals surface area contributed by atoms with Crippen LogP contribution in [0.5, 0.6) is 0 Å². The number of halogens is 1. The summed E-state index contributed by atoms with van der Waals surface area (Å²) < 4.78 is 22.1. The van der Waals surface area contributed by atoms with Crippen molar-refractivity contribution in [3.05, 3.63) is 71.2 Å². The molecule has 1 saturated carbocycles. The van der Waals surface area contributed by atoms with Gasteiger partial charge in [0.1, 0.15) is 30.2 Å². The lowest BCUT2D eigenvalue weighted by Crippen LogP contribution is -2.56. The van der Waals surface area contributed by atoms with Crippen LogP contribution in [0.3, 0.4) is 0 Å². The minimum Gasteiger partial charge on any atom is -0.394 e. The monoisotopic (exact) mass is 427 g/mol. The zero-order valence-electron chi connectivity index (χ0n) is 16.9. The maximum absolute atomic E-state index is 14.8. The summed E-state index contributed by atoms with van der Waals surface area (Å²) in [5.41, 5.74) is 3.61. The van der Waals surface area contributed by atoms with E-state index in [1.165, 1.54) is 24.5 Å². The van der Waals surface area contributed by atoms with Crippen LogP contribution in [0.4, 0.5) is 4.39 Å². The maximum atomic E-state index is 14.8. The first kappa shape index (κ1) is 20.6. The third-order valence-electron chi connectivity index (χ3n) is 6.45. The van der Waals surface area contributed by atoms with Crippen molar-refractivity contribution in [2.24, 2.45) is 0 Å². The predicted molar refractivity (Wildman–Crippen MR) is 112 cm³/mol. The lowest BCUT2D eigenvalue weighted by atomic mass is 9.98. The third-order valence-corrected chi connectivity index (χ3v) is 6.45. The van der Waals surface area contributed by atoms with Gasteiger partial charge in [0.25, 0.3) is 0 Å². The Morgan fingerprint density at radius 1 is 0.968 bits per heavy atom. The second-order valence-electron chi connectivity index (χ2n) is 8.61. The van der Waals surface area contributed by atoms with E-state index in [-0.39, 0.29) is 5.82 Å². The van der Waals surface area contributed by atoms with E-state index in [0.29, 0.717) is 23.2 Å². The van der Waals surface area contributed by atoms with Crippen LogP contribution in [0.15, 0.2) is 48.7 Å². The van der Waals surface area contributed by atoms with Crippen LogP contribution in [-0.4, -0.2) is 56.0 Å². The Hall–Kier alpha value is -2.29. The van der Waals surface area contributed by atoms with E-state index >= 15 is 0 Å². The smallest absolute Gasteiger partial charge is 0.163 e. The second-order valence-corrected chi connectivity index (χ2v) is 8.61. The van der Waals surface area contributed by atoms with Crippen molar-refractivity contribution >= 4 is 10.9 Å². The largest absolute Gasteiger partial charge is 0.394 e. The number of hydrogen-bond acceptors (Lipinski definition) is 5. The van der Waals surface area contributed by atoms with Gasteiger partial charge in [-0.1, -0.05) is 30.3 Å². The van der Waals surface area contributed by atoms with Crippen molar-refractivity contribution in [1.82, 2.24) is 4.57 Å². The molecule has 2 aliphatic rings. The summed E-state index contributed by atoms with van der Waals surface area (Å²) in [5, 5.41) is 40.8. The molecule has 1 aliphatic heterocycles. The molecule has 1 aromatic heterocycles. The van der Waals surface area contributed by atoms with Crippen molar-refractivity contribution in [1.29, 1.82) is 0 Å². The lowest BCUT2D eigenvalue weighted by Gasteiger charge is -2.40. The van der Waals surface area contributed by atoms with Gasteiger partial charge < -0.3 is 29.7 Å². The van der Waals surface area contributed by atoms with Gasteiger partial charge in [-0.05, 0) is 54.0 Å². The Morgan fingerprint density at radius 3 is 2.39 bits per heavy atom. The molecule has 0 amide bonds. The van der Waals surface area contributed by atoms with Crippen LogP contribution in [0.25, 0.3) is 10.9 Å². The van der Waals surface area contributed by atoms with Gasteiger partial charge in [0, 0.05) is 11.6 Å². The molecule has 6 nitrogen and oxygen atoms in total. The molecular formula is C24H26FNO5. The number of nitrogens with zero attached hydrogens (tertiary/aromatic N) is 1. The first-order valence-electron chi connectivity index (χ1n) is 10.6. The highest BCUT2D eigenvalue weighted by molar-refractivity contribution is 5.85. The molecule has 0 spiro atoms. The number of aliphatic hydroxyl groups excluding tert-OH is 4. The van der Waals surface area contributed by atoms with Gasteiger partial charge in [-0.25, -0.2) is 4.39 Å². The van der Waals surface area contributed by atoms with E-state index in [1.54, 1.807) is 22.9 Å². The van der Waals surface area contributed by atoms with Crippen LogP contribution in [0, 0.1) is 5.82 Å². The topological polar surface area (TPSA) is 95.1 Å². The van der Waals surface area contributed by atoms with Crippen LogP contribution >= 0.6 is 0 Å². The number of ether oxygens (including phenoxy) is 1. The van der Waals surface area contributed by atoms with E-state index in [1.807, 2.05) is 0 Å². The standard InChI is InChI=1S/C24H26FNO5/c25-17-2-1-3-18-20(17)16(10-13-4-6-14(7-5-13)15-8-9-15)11-26(18)24-23(30)22(29)21(28)19(12-27)31-24/h1-7,11,15,19,21-24,27-30H,8-10,12H2/t19-,21-,22?,23-,24?/m1/s1. The van der Waals surface area contributed by atoms with Crippen LogP contribution in [0.2, 0.25) is 0 Å². The zero-order chi connectivity index (χ0) is 21.7. The fraction of sp³-hybridized carbons (Fsp3) is 0.417. The van der Waals surface area contributed by atoms with Crippen molar-refractivity contribution in [3.63, 3.8) is 0 Å². The normalized spacial score (nSPS) is 28.9. The van der Waals surface area contributed by atoms with E-state index < -0.39 is 37.3 Å². The molecular weight excluding hydrogens is 401 g/mol. The van der Waals surface area contributed by atoms with Gasteiger partial charge in [-0.3, -0.25) is 0 Å². The minimum absolute atomic E-state index is 0.384. The highest BCUT2D eigenvalue weighted by Crippen LogP contribution is 2.40. The maximum Gasteiger partial charge on any atom is 0.163 e. The molecule has 0 bridgehead atoms. The van der Waals surface area contributed by atoms with Crippen LogP contribution in [0.1, 0.15) is 41.7 Å². The van der Waals surface area contributed by atoms with Gasteiger partial charge in [0.15, 0.2) is 6.23 Å². The van der Waals surface area contributed by atoms with Gasteiger partial charge in [-0.2, -0.15) is 0 Å². The van der Waals surface area contributed by atoms with E-state index in [9.17, 15) is 24.8 Å². The summed E-state index contributed by atoms with van der Waals surface area (Å²) in [4.78, 5) is 0. The van der Waals surface area contributed by atoms with Gasteiger partial charge >= 0.3 is 0 Å². The number of aliphatic hydroxyl groups is 4. The molecule has 5 rings (SSSR count). The average molecular weight is 427 g/mol. The Balaban J connectivity index is 1.53. The fourth-order valence-electron chi connectivity index (χ4n) is 4.55. The number of hydrogen-bond donors (Lipinski definition) is 4. The number of benzene rings is 2. The van der Waals surface area contributed by atoms with Crippen molar-refractivity contribution < 1.29 is 29.6 Å². The molecule has 1 saturated heterocycles. The number of aromatic nitrogens is 1. The average Bonchev–Trinajstić information content (AvgIpc) is 3.56. The first-order valence-corrected chi connectivity index (χ1v) is 10.6. The molecule has 3 aromatic rings. The van der Waals surface area contributed by atoms with Gasteiger partial charge in [-0.15, -0.1) is 0 Å². The summed E-state index contributed by atoms with van der Waals surface area (Å²) in [7, 11) is 0. The Labute approximate surface area is 179 Å². The number of rotatable bonds is 5. The van der Waals surface area contributed by atoms with Crippen molar-refractivity contribution in [2.45, 2.75) is 55.8 Å². The summed E-state index contributed by atoms with van der Waals surface area (Å²) in [6.45, 7) is -0.519. The van der Waals surface area contributed by atoms with E-state index in [4.69, 9.17) is 4.74 Å². The molecule has 7 heteroatoms. The third kappa shape index (κ3) is 3.66.